The lowest BCUT2D eigenvalue weighted by atomic mass is 10.0. The van der Waals surface area contributed by atoms with Crippen LogP contribution in [0.3, 0.4) is 0 Å². The van der Waals surface area contributed by atoms with E-state index in [9.17, 15) is 4.39 Å². The molecule has 2 aromatic rings. The molecule has 5 N–H and O–H groups in total. The molecule has 1 aromatic carbocycles. The summed E-state index contributed by atoms with van der Waals surface area (Å²) < 4.78 is 13.6. The largest absolute Gasteiger partial charge is 0.388 e. The van der Waals surface area contributed by atoms with Crippen molar-refractivity contribution in [2.45, 2.75) is 13.8 Å². The Morgan fingerprint density at radius 1 is 1.36 bits per heavy atom. The number of hydrazine groups is 1. The zero-order chi connectivity index (χ0) is 16.3. The zero-order valence-corrected chi connectivity index (χ0v) is 13.0. The molecule has 22 heavy (non-hydrogen) atoms. The van der Waals surface area contributed by atoms with Crippen molar-refractivity contribution in [3.05, 3.63) is 59.2 Å². The van der Waals surface area contributed by atoms with Crippen molar-refractivity contribution < 1.29 is 4.39 Å². The summed E-state index contributed by atoms with van der Waals surface area (Å²) >= 11 is 0. The van der Waals surface area contributed by atoms with Gasteiger partial charge in [-0.25, -0.2) is 4.39 Å². The number of nitrogen functional groups attached to an aromatic ring is 1. The van der Waals surface area contributed by atoms with E-state index in [1.807, 2.05) is 19.9 Å². The number of benzene rings is 1. The molecule has 5 heteroatoms. The average molecular weight is 300 g/mol. The fourth-order valence-electron chi connectivity index (χ4n) is 2.51. The molecule has 116 valence electrons. The number of rotatable bonds is 5. The van der Waals surface area contributed by atoms with Gasteiger partial charge in [0, 0.05) is 29.7 Å². The molecular formula is C17H21FN4. The number of nitrogens with one attached hydrogen (secondary N) is 3. The van der Waals surface area contributed by atoms with E-state index in [1.165, 1.54) is 12.1 Å². The van der Waals surface area contributed by atoms with E-state index in [4.69, 9.17) is 5.84 Å². The summed E-state index contributed by atoms with van der Waals surface area (Å²) in [6, 6.07) is 4.63. The second-order valence-corrected chi connectivity index (χ2v) is 5.05. The van der Waals surface area contributed by atoms with Crippen molar-refractivity contribution in [1.29, 1.82) is 0 Å². The molecule has 0 aliphatic carbocycles. The van der Waals surface area contributed by atoms with Gasteiger partial charge < -0.3 is 15.7 Å². The Balaban J connectivity index is 2.57. The van der Waals surface area contributed by atoms with Crippen molar-refractivity contribution in [3.8, 4) is 0 Å². The van der Waals surface area contributed by atoms with Crippen LogP contribution in [0, 0.1) is 19.7 Å². The Hall–Kier alpha value is -2.53. The van der Waals surface area contributed by atoms with Crippen LogP contribution in [0.1, 0.15) is 22.5 Å². The minimum Gasteiger partial charge on any atom is -0.388 e. The van der Waals surface area contributed by atoms with Crippen LogP contribution in [0.15, 0.2) is 30.9 Å². The maximum absolute atomic E-state index is 13.6. The monoisotopic (exact) mass is 300 g/mol. The van der Waals surface area contributed by atoms with E-state index in [0.717, 1.165) is 39.5 Å². The minimum absolute atomic E-state index is 0.287. The predicted molar refractivity (Wildman–Crippen MR) is 92.1 cm³/mol. The number of hydrogen-bond donors (Lipinski definition) is 4. The van der Waals surface area contributed by atoms with Crippen molar-refractivity contribution in [3.63, 3.8) is 0 Å². The second kappa shape index (κ2) is 6.49. The number of allylic oxidation sites excluding steroid dienone is 2. The molecule has 0 unspecified atom stereocenters. The van der Waals surface area contributed by atoms with Crippen LogP contribution < -0.4 is 16.6 Å². The molecule has 0 bridgehead atoms. The molecule has 0 aliphatic rings. The van der Waals surface area contributed by atoms with Gasteiger partial charge in [0.05, 0.1) is 5.69 Å². The lowest BCUT2D eigenvalue weighted by Gasteiger charge is -2.10. The first-order valence-electron chi connectivity index (χ1n) is 6.99. The highest BCUT2D eigenvalue weighted by Crippen LogP contribution is 2.30. The summed E-state index contributed by atoms with van der Waals surface area (Å²) in [6.07, 6.45) is 3.65. The van der Waals surface area contributed by atoms with Gasteiger partial charge in [-0.3, -0.25) is 5.84 Å². The van der Waals surface area contributed by atoms with E-state index in [-0.39, 0.29) is 5.82 Å². The summed E-state index contributed by atoms with van der Waals surface area (Å²) in [5.74, 6) is 5.25. The first-order valence-corrected chi connectivity index (χ1v) is 6.99. The van der Waals surface area contributed by atoms with E-state index in [2.05, 4.69) is 22.3 Å². The van der Waals surface area contributed by atoms with Gasteiger partial charge in [-0.05, 0) is 49.3 Å². The highest BCUT2D eigenvalue weighted by Gasteiger charge is 2.11. The minimum atomic E-state index is -0.287. The fourth-order valence-corrected chi connectivity index (χ4v) is 2.51. The van der Waals surface area contributed by atoms with Gasteiger partial charge >= 0.3 is 0 Å². The van der Waals surface area contributed by atoms with Crippen molar-refractivity contribution in [2.24, 2.45) is 5.84 Å². The molecule has 0 saturated carbocycles. The van der Waals surface area contributed by atoms with Crippen LogP contribution in [0.25, 0.3) is 11.6 Å². The molecule has 0 amide bonds. The van der Waals surface area contributed by atoms with Crippen LogP contribution in [-0.4, -0.2) is 12.0 Å². The van der Waals surface area contributed by atoms with Gasteiger partial charge in [-0.1, -0.05) is 12.7 Å². The highest BCUT2D eigenvalue weighted by atomic mass is 19.1. The fraction of sp³-hybridized carbons (Fsp3) is 0.176. The molecule has 1 heterocycles. The highest BCUT2D eigenvalue weighted by molar-refractivity contribution is 5.92. The number of nitrogens with two attached hydrogens (primary N) is 1. The van der Waals surface area contributed by atoms with Crippen LogP contribution in [0.5, 0.6) is 0 Å². The lowest BCUT2D eigenvalue weighted by Crippen LogP contribution is -2.07. The third kappa shape index (κ3) is 2.89. The number of halogens is 1. The van der Waals surface area contributed by atoms with E-state index in [0.29, 0.717) is 0 Å². The van der Waals surface area contributed by atoms with Crippen LogP contribution in [-0.2, 0) is 0 Å². The number of aromatic amines is 1. The molecule has 4 nitrogen and oxygen atoms in total. The Bertz CT molecular complexity index is 729. The Labute approximate surface area is 129 Å². The van der Waals surface area contributed by atoms with Gasteiger partial charge in [0.1, 0.15) is 5.82 Å². The third-order valence-corrected chi connectivity index (χ3v) is 3.70. The molecule has 1 aromatic heterocycles. The summed E-state index contributed by atoms with van der Waals surface area (Å²) in [5.41, 5.74) is 8.82. The van der Waals surface area contributed by atoms with Crippen molar-refractivity contribution in [1.82, 2.24) is 4.98 Å². The maximum atomic E-state index is 13.6. The SMILES string of the molecule is C=C/C(=C\c1[nH]c(C)c(NN)c1C)c1cc(F)ccc1NC. The number of aryl methyl sites for hydroxylation is 1. The number of H-pyrrole nitrogens is 1. The summed E-state index contributed by atoms with van der Waals surface area (Å²) in [7, 11) is 1.80. The maximum Gasteiger partial charge on any atom is 0.123 e. The van der Waals surface area contributed by atoms with E-state index >= 15 is 0 Å². The van der Waals surface area contributed by atoms with Crippen LogP contribution in [0.4, 0.5) is 15.8 Å². The van der Waals surface area contributed by atoms with E-state index in [1.54, 1.807) is 19.2 Å². The summed E-state index contributed by atoms with van der Waals surface area (Å²) in [4.78, 5) is 3.27. The van der Waals surface area contributed by atoms with Gasteiger partial charge in [0.2, 0.25) is 0 Å². The Kier molecular flexibility index (Phi) is 4.68. The number of aromatic nitrogens is 1. The normalized spacial score (nSPS) is 11.4. The quantitative estimate of drug-likeness (QED) is 0.385. The predicted octanol–water partition coefficient (Wildman–Crippen LogP) is 3.82. The number of hydrogen-bond acceptors (Lipinski definition) is 3. The average Bonchev–Trinajstić information content (AvgIpc) is 2.78. The lowest BCUT2D eigenvalue weighted by molar-refractivity contribution is 0.627. The van der Waals surface area contributed by atoms with Gasteiger partial charge in [0.25, 0.3) is 0 Å². The first kappa shape index (κ1) is 15.9. The number of anilines is 2. The molecule has 0 aliphatic heterocycles. The van der Waals surface area contributed by atoms with Crippen LogP contribution in [0.2, 0.25) is 0 Å². The first-order chi connectivity index (χ1) is 10.5. The van der Waals surface area contributed by atoms with E-state index < -0.39 is 0 Å². The molecular weight excluding hydrogens is 279 g/mol. The van der Waals surface area contributed by atoms with Gasteiger partial charge in [-0.2, -0.15) is 0 Å². The Morgan fingerprint density at radius 2 is 2.09 bits per heavy atom. The topological polar surface area (TPSA) is 65.9 Å². The standard InChI is InChI=1S/C17H21FN4/c1-5-12(14-9-13(18)6-7-15(14)20-4)8-16-10(2)17(22-19)11(3)21-16/h5-9,20-22H,1,19H2,2-4H3/b12-8+. The van der Waals surface area contributed by atoms with Gasteiger partial charge in [-0.15, -0.1) is 0 Å². The molecule has 0 spiro atoms. The van der Waals surface area contributed by atoms with Crippen LogP contribution >= 0.6 is 0 Å². The zero-order valence-electron chi connectivity index (χ0n) is 13.0. The van der Waals surface area contributed by atoms with Gasteiger partial charge in [0.15, 0.2) is 0 Å². The smallest absolute Gasteiger partial charge is 0.123 e. The molecule has 0 saturated heterocycles. The van der Waals surface area contributed by atoms with Crippen molar-refractivity contribution >= 4 is 23.0 Å². The second-order valence-electron chi connectivity index (χ2n) is 5.05. The summed E-state index contributed by atoms with van der Waals surface area (Å²) in [5, 5.41) is 3.07. The molecule has 0 atom stereocenters. The summed E-state index contributed by atoms with van der Waals surface area (Å²) in [6.45, 7) is 7.75. The third-order valence-electron chi connectivity index (χ3n) is 3.70. The Morgan fingerprint density at radius 3 is 2.64 bits per heavy atom. The molecule has 0 fully saturated rings. The molecule has 2 rings (SSSR count). The van der Waals surface area contributed by atoms with Crippen molar-refractivity contribution in [2.75, 3.05) is 17.8 Å². The molecule has 0 radical (unpaired) electrons.